The Kier molecular flexibility index (Phi) is 5.23. The maximum Gasteiger partial charge on any atom is 0.135 e. The molecule has 204 valence electrons. The van der Waals surface area contributed by atoms with Crippen LogP contribution < -0.4 is 0 Å². The second kappa shape index (κ2) is 9.42. The predicted molar refractivity (Wildman–Crippen MR) is 179 cm³/mol. The predicted octanol–water partition coefficient (Wildman–Crippen LogP) is 10.4. The van der Waals surface area contributed by atoms with Crippen LogP contribution in [0.25, 0.3) is 82.5 Å². The Morgan fingerprint density at radius 3 is 2.30 bits per heavy atom. The molecule has 3 aromatic heterocycles. The van der Waals surface area contributed by atoms with Crippen LogP contribution in [-0.2, 0) is 0 Å². The van der Waals surface area contributed by atoms with E-state index in [1.54, 1.807) is 0 Å². The van der Waals surface area contributed by atoms with E-state index >= 15 is 0 Å². The van der Waals surface area contributed by atoms with Gasteiger partial charge in [-0.3, -0.25) is 4.98 Å². The number of fused-ring (bicyclic) bond motifs is 7. The Bertz CT molecular complexity index is 2630. The molecule has 9 rings (SSSR count). The SMILES string of the molecule is N#Cc1ccc2c(c1)c1cnccc1n2-c1cc(-c2cccc(-c3ccc4oc5ccccc5c4c3)c2)c2ccccc2c1. The lowest BCUT2D eigenvalue weighted by molar-refractivity contribution is 0.669. The molecule has 0 saturated heterocycles. The van der Waals surface area contributed by atoms with Crippen molar-refractivity contribution in [2.45, 2.75) is 0 Å². The van der Waals surface area contributed by atoms with Crippen LogP contribution in [0.15, 0.2) is 144 Å². The van der Waals surface area contributed by atoms with E-state index in [-0.39, 0.29) is 0 Å². The van der Waals surface area contributed by atoms with Crippen LogP contribution in [0.4, 0.5) is 0 Å². The minimum absolute atomic E-state index is 0.637. The van der Waals surface area contributed by atoms with Gasteiger partial charge in [-0.05, 0) is 93.7 Å². The van der Waals surface area contributed by atoms with E-state index in [1.165, 1.54) is 5.39 Å². The van der Waals surface area contributed by atoms with E-state index in [9.17, 15) is 5.26 Å². The summed E-state index contributed by atoms with van der Waals surface area (Å²) in [5, 5.41) is 16.2. The van der Waals surface area contributed by atoms with E-state index in [0.29, 0.717) is 5.56 Å². The minimum atomic E-state index is 0.637. The average Bonchev–Trinajstić information content (AvgIpc) is 3.63. The van der Waals surface area contributed by atoms with Gasteiger partial charge in [-0.1, -0.05) is 66.7 Å². The molecule has 4 nitrogen and oxygen atoms in total. The molecule has 0 radical (unpaired) electrons. The fraction of sp³-hybridized carbons (Fsp3) is 0. The average molecular weight is 562 g/mol. The molecule has 0 amide bonds. The summed E-state index contributed by atoms with van der Waals surface area (Å²) < 4.78 is 8.37. The maximum absolute atomic E-state index is 9.59. The third-order valence-corrected chi connectivity index (χ3v) is 8.68. The molecule has 0 aliphatic rings. The van der Waals surface area contributed by atoms with Crippen molar-refractivity contribution >= 4 is 54.5 Å². The van der Waals surface area contributed by atoms with E-state index in [1.807, 2.05) is 48.8 Å². The van der Waals surface area contributed by atoms with Crippen molar-refractivity contribution in [1.29, 1.82) is 5.26 Å². The molecule has 0 saturated carbocycles. The first-order valence-corrected chi connectivity index (χ1v) is 14.6. The highest BCUT2D eigenvalue weighted by Gasteiger charge is 2.16. The third kappa shape index (κ3) is 3.67. The van der Waals surface area contributed by atoms with Gasteiger partial charge in [-0.25, -0.2) is 0 Å². The summed E-state index contributed by atoms with van der Waals surface area (Å²) in [5.74, 6) is 0. The van der Waals surface area contributed by atoms with Crippen molar-refractivity contribution in [2.24, 2.45) is 0 Å². The third-order valence-electron chi connectivity index (χ3n) is 8.68. The first-order chi connectivity index (χ1) is 21.7. The molecule has 3 heterocycles. The molecule has 0 atom stereocenters. The summed E-state index contributed by atoms with van der Waals surface area (Å²) in [6.45, 7) is 0. The van der Waals surface area contributed by atoms with Crippen molar-refractivity contribution in [1.82, 2.24) is 9.55 Å². The van der Waals surface area contributed by atoms with Gasteiger partial charge in [0.1, 0.15) is 11.2 Å². The summed E-state index contributed by atoms with van der Waals surface area (Å²) in [4.78, 5) is 4.41. The molecule has 0 aliphatic carbocycles. The molecule has 9 aromatic rings. The van der Waals surface area contributed by atoms with Crippen LogP contribution >= 0.6 is 0 Å². The molecule has 0 fully saturated rings. The number of furan rings is 1. The second-order valence-electron chi connectivity index (χ2n) is 11.2. The van der Waals surface area contributed by atoms with E-state index < -0.39 is 0 Å². The van der Waals surface area contributed by atoms with Gasteiger partial charge in [-0.2, -0.15) is 5.26 Å². The standard InChI is InChI=1S/C40H23N3O/c41-23-25-12-14-37-34(18-25)36-24-42-17-16-38(36)43(37)30-20-29-6-1-2-9-31(29)33(22-30)28-8-5-7-26(19-28)27-13-15-40-35(21-27)32-10-3-4-11-39(32)44-40/h1-22,24H. The van der Waals surface area contributed by atoms with Gasteiger partial charge in [0.15, 0.2) is 0 Å². The van der Waals surface area contributed by atoms with Crippen molar-refractivity contribution in [3.05, 3.63) is 145 Å². The number of nitrogens with zero attached hydrogens (tertiary/aromatic N) is 3. The van der Waals surface area contributed by atoms with E-state index in [4.69, 9.17) is 4.42 Å². The highest BCUT2D eigenvalue weighted by atomic mass is 16.3. The molecular formula is C40H23N3O. The van der Waals surface area contributed by atoms with Crippen LogP contribution in [-0.4, -0.2) is 9.55 Å². The lowest BCUT2D eigenvalue weighted by Gasteiger charge is -2.15. The van der Waals surface area contributed by atoms with Crippen molar-refractivity contribution < 1.29 is 4.42 Å². The topological polar surface area (TPSA) is 54.8 Å². The Balaban J connectivity index is 1.26. The molecule has 0 unspecified atom stereocenters. The first kappa shape index (κ1) is 24.4. The summed E-state index contributed by atoms with van der Waals surface area (Å²) in [6, 6.07) is 46.7. The summed E-state index contributed by atoms with van der Waals surface area (Å²) in [6.07, 6.45) is 3.72. The smallest absolute Gasteiger partial charge is 0.135 e. The number of benzene rings is 6. The minimum Gasteiger partial charge on any atom is -0.456 e. The highest BCUT2D eigenvalue weighted by Crippen LogP contribution is 2.38. The normalized spacial score (nSPS) is 11.6. The fourth-order valence-electron chi connectivity index (χ4n) is 6.65. The van der Waals surface area contributed by atoms with Crippen molar-refractivity contribution in [2.75, 3.05) is 0 Å². The number of pyridine rings is 1. The fourth-order valence-corrected chi connectivity index (χ4v) is 6.65. The summed E-state index contributed by atoms with van der Waals surface area (Å²) >= 11 is 0. The summed E-state index contributed by atoms with van der Waals surface area (Å²) in [7, 11) is 0. The van der Waals surface area contributed by atoms with Gasteiger partial charge in [0.25, 0.3) is 0 Å². The van der Waals surface area contributed by atoms with Crippen LogP contribution in [0.2, 0.25) is 0 Å². The quantitative estimate of drug-likeness (QED) is 0.216. The lowest BCUT2D eigenvalue weighted by Crippen LogP contribution is -1.96. The van der Waals surface area contributed by atoms with Gasteiger partial charge in [-0.15, -0.1) is 0 Å². The Morgan fingerprint density at radius 2 is 1.36 bits per heavy atom. The Labute approximate surface area is 252 Å². The first-order valence-electron chi connectivity index (χ1n) is 14.6. The molecule has 0 aliphatic heterocycles. The molecule has 4 heteroatoms. The number of hydrogen-bond acceptors (Lipinski definition) is 3. The molecule has 44 heavy (non-hydrogen) atoms. The molecular weight excluding hydrogens is 538 g/mol. The van der Waals surface area contributed by atoms with Gasteiger partial charge in [0.2, 0.25) is 0 Å². The van der Waals surface area contributed by atoms with Gasteiger partial charge < -0.3 is 8.98 Å². The van der Waals surface area contributed by atoms with Crippen LogP contribution in [0.5, 0.6) is 0 Å². The number of nitriles is 1. The van der Waals surface area contributed by atoms with E-state index in [2.05, 4.69) is 107 Å². The maximum atomic E-state index is 9.59. The number of aromatic nitrogens is 2. The summed E-state index contributed by atoms with van der Waals surface area (Å²) in [5.41, 5.74) is 10.2. The molecule has 0 bridgehead atoms. The van der Waals surface area contributed by atoms with Gasteiger partial charge >= 0.3 is 0 Å². The van der Waals surface area contributed by atoms with Crippen LogP contribution in [0, 0.1) is 11.3 Å². The number of rotatable bonds is 3. The monoisotopic (exact) mass is 561 g/mol. The zero-order valence-electron chi connectivity index (χ0n) is 23.5. The molecule has 0 N–H and O–H groups in total. The molecule has 6 aromatic carbocycles. The second-order valence-corrected chi connectivity index (χ2v) is 11.2. The largest absolute Gasteiger partial charge is 0.456 e. The lowest BCUT2D eigenvalue weighted by atomic mass is 9.94. The van der Waals surface area contributed by atoms with Crippen molar-refractivity contribution in [3.8, 4) is 34.0 Å². The highest BCUT2D eigenvalue weighted by molar-refractivity contribution is 6.10. The van der Waals surface area contributed by atoms with Crippen LogP contribution in [0.1, 0.15) is 5.56 Å². The van der Waals surface area contributed by atoms with Crippen molar-refractivity contribution in [3.63, 3.8) is 0 Å². The zero-order valence-corrected chi connectivity index (χ0v) is 23.5. The Morgan fingerprint density at radius 1 is 0.568 bits per heavy atom. The van der Waals surface area contributed by atoms with Crippen LogP contribution in [0.3, 0.4) is 0 Å². The number of hydrogen-bond donors (Lipinski definition) is 0. The zero-order chi connectivity index (χ0) is 29.2. The Hall–Kier alpha value is -6.18. The number of para-hydroxylation sites is 1. The van der Waals surface area contributed by atoms with Gasteiger partial charge in [0, 0.05) is 39.6 Å². The van der Waals surface area contributed by atoms with Gasteiger partial charge in [0.05, 0.1) is 22.7 Å². The molecule has 0 spiro atoms. The van der Waals surface area contributed by atoms with E-state index in [0.717, 1.165) is 77.1 Å².